The lowest BCUT2D eigenvalue weighted by Gasteiger charge is -2.27. The van der Waals surface area contributed by atoms with E-state index in [-0.39, 0.29) is 11.2 Å². The molecule has 0 radical (unpaired) electrons. The van der Waals surface area contributed by atoms with Crippen LogP contribution < -0.4 is 10.6 Å². The van der Waals surface area contributed by atoms with Gasteiger partial charge in [-0.3, -0.25) is 4.99 Å². The maximum Gasteiger partial charge on any atom is 0.191 e. The molecule has 0 amide bonds. The van der Waals surface area contributed by atoms with Crippen molar-refractivity contribution >= 4 is 17.6 Å². The van der Waals surface area contributed by atoms with Crippen molar-refractivity contribution in [3.05, 3.63) is 53.3 Å². The van der Waals surface area contributed by atoms with Gasteiger partial charge in [0.2, 0.25) is 0 Å². The van der Waals surface area contributed by atoms with Crippen LogP contribution in [0.25, 0.3) is 0 Å². The number of rotatable bonds is 6. The number of aromatic nitrogens is 2. The molecule has 0 aliphatic rings. The Morgan fingerprint density at radius 1 is 1.38 bits per heavy atom. The van der Waals surface area contributed by atoms with Crippen LogP contribution >= 0.6 is 11.6 Å². The summed E-state index contributed by atoms with van der Waals surface area (Å²) in [6.07, 6.45) is 5.44. The first kappa shape index (κ1) is 18.3. The molecule has 0 spiro atoms. The van der Waals surface area contributed by atoms with Crippen LogP contribution in [0.15, 0.2) is 41.9 Å². The molecule has 0 saturated carbocycles. The molecule has 2 rings (SSSR count). The Kier molecular flexibility index (Phi) is 6.20. The standard InChI is InChI=1S/C17H23ClFN5/c1-17(2,14-5-4-13(19)10-15(14)18)11-23-16(20-3)22-7-9-24-8-6-21-12-24/h4-6,8,10,12H,7,9,11H2,1-3H3,(H2,20,22,23). The monoisotopic (exact) mass is 351 g/mol. The largest absolute Gasteiger partial charge is 0.356 e. The van der Waals surface area contributed by atoms with Gasteiger partial charge in [0.1, 0.15) is 5.82 Å². The third kappa shape index (κ3) is 4.96. The van der Waals surface area contributed by atoms with Crippen molar-refractivity contribution in [3.8, 4) is 0 Å². The molecule has 1 heterocycles. The predicted octanol–water partition coefficient (Wildman–Crippen LogP) is 2.82. The zero-order valence-electron chi connectivity index (χ0n) is 14.2. The third-order valence-electron chi connectivity index (χ3n) is 3.80. The Bertz CT molecular complexity index is 682. The lowest BCUT2D eigenvalue weighted by atomic mass is 9.84. The molecular formula is C17H23ClFN5. The van der Waals surface area contributed by atoms with Gasteiger partial charge < -0.3 is 15.2 Å². The van der Waals surface area contributed by atoms with Crippen LogP contribution in [-0.2, 0) is 12.0 Å². The minimum Gasteiger partial charge on any atom is -0.356 e. The number of guanidine groups is 1. The van der Waals surface area contributed by atoms with Gasteiger partial charge in [0.25, 0.3) is 0 Å². The fourth-order valence-electron chi connectivity index (χ4n) is 2.38. The highest BCUT2D eigenvalue weighted by Crippen LogP contribution is 2.29. The summed E-state index contributed by atoms with van der Waals surface area (Å²) >= 11 is 6.18. The molecule has 0 atom stereocenters. The van der Waals surface area contributed by atoms with E-state index < -0.39 is 0 Å². The van der Waals surface area contributed by atoms with Gasteiger partial charge in [0, 0.05) is 49.5 Å². The van der Waals surface area contributed by atoms with Crippen LogP contribution in [0, 0.1) is 5.82 Å². The fraction of sp³-hybridized carbons (Fsp3) is 0.412. The summed E-state index contributed by atoms with van der Waals surface area (Å²) in [6.45, 7) is 6.25. The number of hydrogen-bond donors (Lipinski definition) is 2. The second-order valence-electron chi connectivity index (χ2n) is 6.16. The van der Waals surface area contributed by atoms with E-state index in [4.69, 9.17) is 11.6 Å². The van der Waals surface area contributed by atoms with Crippen molar-refractivity contribution in [1.82, 2.24) is 20.2 Å². The maximum absolute atomic E-state index is 13.2. The first-order valence-corrected chi connectivity index (χ1v) is 8.16. The van der Waals surface area contributed by atoms with Gasteiger partial charge in [-0.1, -0.05) is 31.5 Å². The Morgan fingerprint density at radius 3 is 2.79 bits per heavy atom. The minimum absolute atomic E-state index is 0.271. The van der Waals surface area contributed by atoms with E-state index >= 15 is 0 Å². The summed E-state index contributed by atoms with van der Waals surface area (Å²) in [4.78, 5) is 8.22. The van der Waals surface area contributed by atoms with Crippen LogP contribution in [0.2, 0.25) is 5.02 Å². The Balaban J connectivity index is 1.89. The van der Waals surface area contributed by atoms with E-state index in [2.05, 4.69) is 34.5 Å². The number of benzene rings is 1. The summed E-state index contributed by atoms with van der Waals surface area (Å²) in [5.41, 5.74) is 0.624. The molecule has 0 fully saturated rings. The van der Waals surface area contributed by atoms with Crippen molar-refractivity contribution in [2.24, 2.45) is 4.99 Å². The highest BCUT2D eigenvalue weighted by Gasteiger charge is 2.24. The van der Waals surface area contributed by atoms with Gasteiger partial charge in [-0.2, -0.15) is 0 Å². The molecule has 0 saturated heterocycles. The number of halogens is 2. The molecule has 2 aromatic rings. The number of nitrogens with zero attached hydrogens (tertiary/aromatic N) is 3. The van der Waals surface area contributed by atoms with E-state index in [1.807, 2.05) is 10.8 Å². The van der Waals surface area contributed by atoms with Crippen molar-refractivity contribution in [2.75, 3.05) is 20.1 Å². The molecule has 2 N–H and O–H groups in total. The van der Waals surface area contributed by atoms with E-state index in [1.54, 1.807) is 25.6 Å². The smallest absolute Gasteiger partial charge is 0.191 e. The lowest BCUT2D eigenvalue weighted by Crippen LogP contribution is -2.44. The molecule has 130 valence electrons. The normalized spacial score (nSPS) is 12.3. The summed E-state index contributed by atoms with van der Waals surface area (Å²) < 4.78 is 15.2. The number of hydrogen-bond acceptors (Lipinski definition) is 2. The summed E-state index contributed by atoms with van der Waals surface area (Å²) in [7, 11) is 1.73. The van der Waals surface area contributed by atoms with Gasteiger partial charge in [-0.25, -0.2) is 9.37 Å². The zero-order valence-corrected chi connectivity index (χ0v) is 14.9. The first-order chi connectivity index (χ1) is 11.4. The summed E-state index contributed by atoms with van der Waals surface area (Å²) in [6, 6.07) is 4.51. The van der Waals surface area contributed by atoms with Crippen LogP contribution in [0.1, 0.15) is 19.4 Å². The zero-order chi connectivity index (χ0) is 17.6. The van der Waals surface area contributed by atoms with Crippen molar-refractivity contribution < 1.29 is 4.39 Å². The van der Waals surface area contributed by atoms with Crippen LogP contribution in [0.5, 0.6) is 0 Å². The van der Waals surface area contributed by atoms with Crippen LogP contribution in [0.3, 0.4) is 0 Å². The lowest BCUT2D eigenvalue weighted by molar-refractivity contribution is 0.506. The van der Waals surface area contributed by atoms with Gasteiger partial charge in [0.05, 0.1) is 6.33 Å². The van der Waals surface area contributed by atoms with E-state index in [0.29, 0.717) is 17.5 Å². The van der Waals surface area contributed by atoms with E-state index in [9.17, 15) is 4.39 Å². The average molecular weight is 352 g/mol. The molecule has 7 heteroatoms. The number of aliphatic imine (C=N–C) groups is 1. The average Bonchev–Trinajstić information content (AvgIpc) is 3.03. The van der Waals surface area contributed by atoms with E-state index in [1.165, 1.54) is 12.1 Å². The fourth-order valence-corrected chi connectivity index (χ4v) is 2.80. The molecule has 1 aromatic heterocycles. The molecule has 1 aromatic carbocycles. The molecule has 24 heavy (non-hydrogen) atoms. The predicted molar refractivity (Wildman–Crippen MR) is 96.0 cm³/mol. The van der Waals surface area contributed by atoms with Crippen molar-refractivity contribution in [2.45, 2.75) is 25.8 Å². The number of imidazole rings is 1. The second-order valence-corrected chi connectivity index (χ2v) is 6.57. The quantitative estimate of drug-likeness (QED) is 0.621. The number of nitrogens with one attached hydrogen (secondary N) is 2. The first-order valence-electron chi connectivity index (χ1n) is 7.78. The topological polar surface area (TPSA) is 54.2 Å². The molecule has 0 aliphatic carbocycles. The Morgan fingerprint density at radius 2 is 2.17 bits per heavy atom. The highest BCUT2D eigenvalue weighted by molar-refractivity contribution is 6.31. The SMILES string of the molecule is CN=C(NCCn1ccnc1)NCC(C)(C)c1ccc(F)cc1Cl. The van der Waals surface area contributed by atoms with E-state index in [0.717, 1.165) is 18.7 Å². The Hall–Kier alpha value is -2.08. The maximum atomic E-state index is 13.2. The molecule has 5 nitrogen and oxygen atoms in total. The molecule has 0 bridgehead atoms. The van der Waals surface area contributed by atoms with Crippen molar-refractivity contribution in [3.63, 3.8) is 0 Å². The summed E-state index contributed by atoms with van der Waals surface area (Å²) in [5, 5.41) is 6.98. The van der Waals surface area contributed by atoms with Crippen LogP contribution in [-0.4, -0.2) is 35.6 Å². The van der Waals surface area contributed by atoms with Crippen molar-refractivity contribution in [1.29, 1.82) is 0 Å². The van der Waals surface area contributed by atoms with Gasteiger partial charge in [0.15, 0.2) is 5.96 Å². The molecule has 0 aliphatic heterocycles. The minimum atomic E-state index is -0.329. The van der Waals surface area contributed by atoms with Gasteiger partial charge >= 0.3 is 0 Å². The second kappa shape index (κ2) is 8.15. The van der Waals surface area contributed by atoms with Gasteiger partial charge in [-0.05, 0) is 17.7 Å². The van der Waals surface area contributed by atoms with Crippen LogP contribution in [0.4, 0.5) is 4.39 Å². The van der Waals surface area contributed by atoms with Gasteiger partial charge in [-0.15, -0.1) is 0 Å². The highest BCUT2D eigenvalue weighted by atomic mass is 35.5. The summed E-state index contributed by atoms with van der Waals surface area (Å²) in [5.74, 6) is 0.380. The molecule has 0 unspecified atom stereocenters. The molecular weight excluding hydrogens is 329 g/mol. The third-order valence-corrected chi connectivity index (χ3v) is 4.12. The Labute approximate surface area is 147 Å².